The summed E-state index contributed by atoms with van der Waals surface area (Å²) >= 11 is 0. The summed E-state index contributed by atoms with van der Waals surface area (Å²) in [6, 6.07) is 15.2. The van der Waals surface area contributed by atoms with Crippen LogP contribution in [0.4, 0.5) is 5.69 Å². The molecule has 0 bridgehead atoms. The molecule has 1 heterocycles. The van der Waals surface area contributed by atoms with E-state index in [4.69, 9.17) is 0 Å². The van der Waals surface area contributed by atoms with Crippen LogP contribution in [0.15, 0.2) is 48.5 Å². The quantitative estimate of drug-likeness (QED) is 0.926. The zero-order chi connectivity index (χ0) is 16.4. The van der Waals surface area contributed by atoms with Crippen molar-refractivity contribution in [2.75, 3.05) is 11.4 Å². The summed E-state index contributed by atoms with van der Waals surface area (Å²) in [5.41, 5.74) is 3.35. The number of carbonyl (C=O) groups is 1. The molecule has 23 heavy (non-hydrogen) atoms. The molecule has 3 heteroatoms. The first-order valence-electron chi connectivity index (χ1n) is 8.27. The SMILES string of the molecule is CCC1(CC)CN(C(=O)Cc2ccc(O)cc2)c2ccccc21. The van der Waals surface area contributed by atoms with Gasteiger partial charge in [-0.1, -0.05) is 44.2 Å². The maximum absolute atomic E-state index is 12.8. The molecule has 0 spiro atoms. The molecule has 2 aromatic rings. The maximum atomic E-state index is 12.8. The Morgan fingerprint density at radius 1 is 1.09 bits per heavy atom. The first-order chi connectivity index (χ1) is 11.1. The van der Waals surface area contributed by atoms with E-state index < -0.39 is 0 Å². The summed E-state index contributed by atoms with van der Waals surface area (Å²) in [4.78, 5) is 14.8. The summed E-state index contributed by atoms with van der Waals surface area (Å²) in [5, 5.41) is 9.37. The number of hydrogen-bond acceptors (Lipinski definition) is 2. The van der Waals surface area contributed by atoms with Gasteiger partial charge in [0.2, 0.25) is 5.91 Å². The fourth-order valence-electron chi connectivity index (χ4n) is 3.59. The molecule has 120 valence electrons. The van der Waals surface area contributed by atoms with Gasteiger partial charge in [-0.15, -0.1) is 0 Å². The van der Waals surface area contributed by atoms with Gasteiger partial charge in [0.05, 0.1) is 6.42 Å². The lowest BCUT2D eigenvalue weighted by Gasteiger charge is -2.27. The van der Waals surface area contributed by atoms with E-state index in [0.29, 0.717) is 6.42 Å². The lowest BCUT2D eigenvalue weighted by atomic mass is 9.78. The van der Waals surface area contributed by atoms with Crippen molar-refractivity contribution >= 4 is 11.6 Å². The van der Waals surface area contributed by atoms with Gasteiger partial charge in [-0.2, -0.15) is 0 Å². The number of fused-ring (bicyclic) bond motifs is 1. The molecule has 3 nitrogen and oxygen atoms in total. The van der Waals surface area contributed by atoms with Crippen molar-refractivity contribution in [1.82, 2.24) is 0 Å². The second-order valence-electron chi connectivity index (χ2n) is 6.33. The third-order valence-electron chi connectivity index (χ3n) is 5.17. The molecule has 1 aliphatic rings. The standard InChI is InChI=1S/C20H23NO2/c1-3-20(4-2)14-21(18-8-6-5-7-17(18)20)19(23)13-15-9-11-16(22)12-10-15/h5-12,22H,3-4,13-14H2,1-2H3. The highest BCUT2D eigenvalue weighted by atomic mass is 16.3. The first-order valence-corrected chi connectivity index (χ1v) is 8.27. The van der Waals surface area contributed by atoms with Crippen molar-refractivity contribution in [3.05, 3.63) is 59.7 Å². The number of aromatic hydroxyl groups is 1. The number of phenolic OH excluding ortho intramolecular Hbond substituents is 1. The fourth-order valence-corrected chi connectivity index (χ4v) is 3.59. The topological polar surface area (TPSA) is 40.5 Å². The Labute approximate surface area is 137 Å². The number of para-hydroxylation sites is 1. The molecule has 0 saturated carbocycles. The minimum atomic E-state index is 0.0706. The molecule has 0 atom stereocenters. The van der Waals surface area contributed by atoms with Crippen LogP contribution < -0.4 is 4.90 Å². The maximum Gasteiger partial charge on any atom is 0.231 e. The van der Waals surface area contributed by atoms with Gasteiger partial charge in [0.1, 0.15) is 5.75 Å². The molecule has 2 aromatic carbocycles. The van der Waals surface area contributed by atoms with E-state index in [1.807, 2.05) is 23.1 Å². The van der Waals surface area contributed by atoms with E-state index in [1.54, 1.807) is 12.1 Å². The van der Waals surface area contributed by atoms with Crippen LogP contribution in [0.5, 0.6) is 5.75 Å². The number of rotatable bonds is 4. The first kappa shape index (κ1) is 15.6. The summed E-state index contributed by atoms with van der Waals surface area (Å²) in [7, 11) is 0. The van der Waals surface area contributed by atoms with E-state index in [2.05, 4.69) is 32.0 Å². The van der Waals surface area contributed by atoms with Crippen molar-refractivity contribution in [1.29, 1.82) is 0 Å². The molecule has 3 rings (SSSR count). The summed E-state index contributed by atoms with van der Waals surface area (Å²) in [5.74, 6) is 0.343. The van der Waals surface area contributed by atoms with Gasteiger partial charge in [0, 0.05) is 17.6 Å². The van der Waals surface area contributed by atoms with Gasteiger partial charge < -0.3 is 10.0 Å². The number of carbonyl (C=O) groups excluding carboxylic acids is 1. The Hall–Kier alpha value is -2.29. The van der Waals surface area contributed by atoms with E-state index in [0.717, 1.165) is 30.6 Å². The van der Waals surface area contributed by atoms with Gasteiger partial charge >= 0.3 is 0 Å². The summed E-state index contributed by atoms with van der Waals surface area (Å²) in [6.07, 6.45) is 2.42. The average molecular weight is 309 g/mol. The summed E-state index contributed by atoms with van der Waals surface area (Å²) in [6.45, 7) is 5.17. The number of phenols is 1. The lowest BCUT2D eigenvalue weighted by Crippen LogP contribution is -2.37. The number of benzene rings is 2. The van der Waals surface area contributed by atoms with E-state index in [-0.39, 0.29) is 17.1 Å². The molecule has 1 N–H and O–H groups in total. The second-order valence-corrected chi connectivity index (χ2v) is 6.33. The van der Waals surface area contributed by atoms with Crippen LogP contribution >= 0.6 is 0 Å². The van der Waals surface area contributed by atoms with Crippen LogP contribution in [-0.2, 0) is 16.6 Å². The van der Waals surface area contributed by atoms with Gasteiger partial charge in [0.25, 0.3) is 0 Å². The zero-order valence-electron chi connectivity index (χ0n) is 13.7. The third-order valence-corrected chi connectivity index (χ3v) is 5.17. The Bertz CT molecular complexity index is 702. The predicted molar refractivity (Wildman–Crippen MR) is 92.9 cm³/mol. The molecule has 1 amide bonds. The minimum absolute atomic E-state index is 0.0706. The zero-order valence-corrected chi connectivity index (χ0v) is 13.7. The van der Waals surface area contributed by atoms with Crippen molar-refractivity contribution in [2.45, 2.75) is 38.5 Å². The van der Waals surface area contributed by atoms with E-state index >= 15 is 0 Å². The molecule has 1 aliphatic heterocycles. The monoisotopic (exact) mass is 309 g/mol. The van der Waals surface area contributed by atoms with Crippen LogP contribution in [-0.4, -0.2) is 17.6 Å². The highest BCUT2D eigenvalue weighted by Crippen LogP contribution is 2.45. The minimum Gasteiger partial charge on any atom is -0.508 e. The van der Waals surface area contributed by atoms with Gasteiger partial charge in [-0.05, 0) is 42.2 Å². The van der Waals surface area contributed by atoms with Crippen LogP contribution in [0.2, 0.25) is 0 Å². The third kappa shape index (κ3) is 2.72. The van der Waals surface area contributed by atoms with Crippen LogP contribution in [0.1, 0.15) is 37.8 Å². The molecule has 0 unspecified atom stereocenters. The van der Waals surface area contributed by atoms with E-state index in [1.165, 1.54) is 5.56 Å². The van der Waals surface area contributed by atoms with E-state index in [9.17, 15) is 9.90 Å². The molecule has 0 fully saturated rings. The van der Waals surface area contributed by atoms with Crippen LogP contribution in [0.25, 0.3) is 0 Å². The molecule has 0 aromatic heterocycles. The lowest BCUT2D eigenvalue weighted by molar-refractivity contribution is -0.118. The van der Waals surface area contributed by atoms with Crippen molar-refractivity contribution in [2.24, 2.45) is 0 Å². The molecular formula is C20H23NO2. The fraction of sp³-hybridized carbons (Fsp3) is 0.350. The molecule has 0 saturated heterocycles. The van der Waals surface area contributed by atoms with Gasteiger partial charge in [-0.25, -0.2) is 0 Å². The Balaban J connectivity index is 1.88. The van der Waals surface area contributed by atoms with Gasteiger partial charge in [0.15, 0.2) is 0 Å². The van der Waals surface area contributed by atoms with Gasteiger partial charge in [-0.3, -0.25) is 4.79 Å². The Morgan fingerprint density at radius 2 is 1.74 bits per heavy atom. The molecule has 0 radical (unpaired) electrons. The highest BCUT2D eigenvalue weighted by molar-refractivity contribution is 5.97. The number of amides is 1. The van der Waals surface area contributed by atoms with Crippen LogP contribution in [0.3, 0.4) is 0 Å². The summed E-state index contributed by atoms with van der Waals surface area (Å²) < 4.78 is 0. The van der Waals surface area contributed by atoms with Crippen molar-refractivity contribution in [3.8, 4) is 5.75 Å². The smallest absolute Gasteiger partial charge is 0.231 e. The largest absolute Gasteiger partial charge is 0.508 e. The number of nitrogens with zero attached hydrogens (tertiary/aromatic N) is 1. The molecule has 0 aliphatic carbocycles. The highest BCUT2D eigenvalue weighted by Gasteiger charge is 2.41. The normalized spacial score (nSPS) is 15.5. The van der Waals surface area contributed by atoms with Crippen LogP contribution in [0, 0.1) is 0 Å². The molecular weight excluding hydrogens is 286 g/mol. The van der Waals surface area contributed by atoms with Crippen molar-refractivity contribution in [3.63, 3.8) is 0 Å². The Kier molecular flexibility index (Phi) is 4.12. The average Bonchev–Trinajstić information content (AvgIpc) is 2.92. The number of hydrogen-bond donors (Lipinski definition) is 1. The van der Waals surface area contributed by atoms with Crippen molar-refractivity contribution < 1.29 is 9.90 Å². The predicted octanol–water partition coefficient (Wildman–Crippen LogP) is 4.04. The Morgan fingerprint density at radius 3 is 2.39 bits per heavy atom. The second kappa shape index (κ2) is 6.07. The number of anilines is 1.